The summed E-state index contributed by atoms with van der Waals surface area (Å²) in [6.07, 6.45) is 1.73. The molecule has 0 bridgehead atoms. The van der Waals surface area contributed by atoms with Crippen molar-refractivity contribution >= 4 is 40.7 Å². The summed E-state index contributed by atoms with van der Waals surface area (Å²) < 4.78 is 0. The Bertz CT molecular complexity index is 410. The Morgan fingerprint density at radius 1 is 1.64 bits per heavy atom. The van der Waals surface area contributed by atoms with Gasteiger partial charge in [-0.1, -0.05) is 6.07 Å². The average molecular weight is 225 g/mol. The van der Waals surface area contributed by atoms with E-state index in [9.17, 15) is 4.79 Å². The number of nitrogens with zero attached hydrogens (tertiary/aromatic N) is 1. The molecule has 2 heterocycles. The van der Waals surface area contributed by atoms with E-state index in [2.05, 4.69) is 5.32 Å². The smallest absolute Gasteiger partial charge is 0.290 e. The molecule has 1 amide bonds. The molecule has 1 aliphatic rings. The van der Waals surface area contributed by atoms with Crippen LogP contribution in [0.1, 0.15) is 4.88 Å². The molecule has 14 heavy (non-hydrogen) atoms. The Kier molecular flexibility index (Phi) is 2.32. The molecule has 72 valence electrons. The van der Waals surface area contributed by atoms with Crippen LogP contribution in [0.2, 0.25) is 0 Å². The van der Waals surface area contributed by atoms with Gasteiger partial charge in [0.15, 0.2) is 5.11 Å². The molecule has 0 radical (unpaired) electrons. The lowest BCUT2D eigenvalue weighted by Gasteiger charge is -2.02. The zero-order valence-electron chi connectivity index (χ0n) is 7.06. The van der Waals surface area contributed by atoms with Gasteiger partial charge in [-0.2, -0.15) is 0 Å². The minimum atomic E-state index is -0.302. The fourth-order valence-corrected chi connectivity index (χ4v) is 1.91. The van der Waals surface area contributed by atoms with Crippen molar-refractivity contribution in [2.45, 2.75) is 0 Å². The molecule has 2 rings (SSSR count). The summed E-state index contributed by atoms with van der Waals surface area (Å²) in [6.45, 7) is 0. The van der Waals surface area contributed by atoms with Gasteiger partial charge in [0.1, 0.15) is 5.70 Å². The second kappa shape index (κ2) is 3.49. The Hall–Kier alpha value is -1.24. The normalized spacial score (nSPS) is 19.2. The van der Waals surface area contributed by atoms with Crippen LogP contribution in [0.4, 0.5) is 0 Å². The second-order valence-electron chi connectivity index (χ2n) is 2.68. The maximum absolute atomic E-state index is 11.4. The lowest BCUT2D eigenvalue weighted by atomic mass is 10.3. The molecule has 1 saturated heterocycles. The summed E-state index contributed by atoms with van der Waals surface area (Å²) in [6, 6.07) is 3.82. The number of hydrogen-bond donors (Lipinski definition) is 2. The van der Waals surface area contributed by atoms with E-state index in [1.54, 1.807) is 17.4 Å². The molecule has 1 aromatic rings. The van der Waals surface area contributed by atoms with Gasteiger partial charge in [-0.05, 0) is 29.7 Å². The Morgan fingerprint density at radius 3 is 2.93 bits per heavy atom. The molecule has 4 nitrogen and oxygen atoms in total. The summed E-state index contributed by atoms with van der Waals surface area (Å²) in [5.74, 6) is 5.08. The molecule has 0 spiro atoms. The van der Waals surface area contributed by atoms with Gasteiger partial charge in [0.25, 0.3) is 5.91 Å². The molecule has 0 aliphatic carbocycles. The Balaban J connectivity index is 2.29. The van der Waals surface area contributed by atoms with E-state index >= 15 is 0 Å². The minimum Gasteiger partial charge on any atom is -0.327 e. The third kappa shape index (κ3) is 1.54. The maximum atomic E-state index is 11.4. The van der Waals surface area contributed by atoms with Crippen LogP contribution in [0.3, 0.4) is 0 Å². The quantitative estimate of drug-likeness (QED) is 0.319. The predicted octanol–water partition coefficient (Wildman–Crippen LogP) is 0.679. The van der Waals surface area contributed by atoms with E-state index in [1.165, 1.54) is 0 Å². The van der Waals surface area contributed by atoms with Crippen LogP contribution < -0.4 is 11.2 Å². The van der Waals surface area contributed by atoms with Crippen LogP contribution in [0.5, 0.6) is 0 Å². The maximum Gasteiger partial charge on any atom is 0.290 e. The number of carbonyl (C=O) groups is 1. The molecule has 0 atom stereocenters. The van der Waals surface area contributed by atoms with Crippen molar-refractivity contribution in [2.24, 2.45) is 5.84 Å². The van der Waals surface area contributed by atoms with Crippen LogP contribution in [0.15, 0.2) is 23.2 Å². The molecule has 1 aromatic heterocycles. The zero-order valence-corrected chi connectivity index (χ0v) is 8.69. The summed E-state index contributed by atoms with van der Waals surface area (Å²) >= 11 is 6.37. The van der Waals surface area contributed by atoms with Crippen molar-refractivity contribution in [1.29, 1.82) is 0 Å². The average Bonchev–Trinajstić information content (AvgIpc) is 2.73. The van der Waals surface area contributed by atoms with Crippen LogP contribution >= 0.6 is 23.6 Å². The standard InChI is InChI=1S/C8H7N3OS2/c9-11-7(12)6(10-8(11)13)4-5-2-1-3-14-5/h1-4H,9H2,(H,10,13). The highest BCUT2D eigenvalue weighted by Gasteiger charge is 2.27. The highest BCUT2D eigenvalue weighted by molar-refractivity contribution is 7.80. The SMILES string of the molecule is NN1C(=O)C(=Cc2cccs2)NC1=S. The second-order valence-corrected chi connectivity index (χ2v) is 4.04. The van der Waals surface area contributed by atoms with Crippen LogP contribution in [0.25, 0.3) is 6.08 Å². The largest absolute Gasteiger partial charge is 0.327 e. The highest BCUT2D eigenvalue weighted by Crippen LogP contribution is 2.15. The van der Waals surface area contributed by atoms with E-state index < -0.39 is 0 Å². The number of rotatable bonds is 1. The van der Waals surface area contributed by atoms with Gasteiger partial charge in [0.2, 0.25) is 0 Å². The van der Waals surface area contributed by atoms with Gasteiger partial charge in [0.05, 0.1) is 0 Å². The van der Waals surface area contributed by atoms with Crippen molar-refractivity contribution in [3.05, 3.63) is 28.1 Å². The number of hydrogen-bond acceptors (Lipinski definition) is 4. The van der Waals surface area contributed by atoms with Crippen LogP contribution in [0, 0.1) is 0 Å². The summed E-state index contributed by atoms with van der Waals surface area (Å²) in [5.41, 5.74) is 0.417. The molecular formula is C8H7N3OS2. The number of thiophene rings is 1. The molecule has 1 aliphatic heterocycles. The Labute approximate surface area is 90.0 Å². The van der Waals surface area contributed by atoms with Gasteiger partial charge < -0.3 is 5.32 Å². The first-order chi connectivity index (χ1) is 6.68. The van der Waals surface area contributed by atoms with Gasteiger partial charge in [-0.3, -0.25) is 4.79 Å². The summed E-state index contributed by atoms with van der Waals surface area (Å²) in [4.78, 5) is 12.4. The van der Waals surface area contributed by atoms with Gasteiger partial charge in [-0.15, -0.1) is 11.3 Å². The van der Waals surface area contributed by atoms with E-state index in [0.717, 1.165) is 9.89 Å². The zero-order chi connectivity index (χ0) is 10.1. The van der Waals surface area contributed by atoms with Crippen LogP contribution in [-0.2, 0) is 4.79 Å². The van der Waals surface area contributed by atoms with Crippen molar-refractivity contribution < 1.29 is 4.79 Å². The lowest BCUT2D eigenvalue weighted by Crippen LogP contribution is -2.36. The molecule has 0 saturated carbocycles. The molecule has 0 aromatic carbocycles. The predicted molar refractivity (Wildman–Crippen MR) is 59.1 cm³/mol. The van der Waals surface area contributed by atoms with Crippen LogP contribution in [-0.4, -0.2) is 16.0 Å². The van der Waals surface area contributed by atoms with E-state index in [0.29, 0.717) is 5.70 Å². The molecule has 1 fully saturated rings. The fourth-order valence-electron chi connectivity index (χ4n) is 1.06. The van der Waals surface area contributed by atoms with Gasteiger partial charge in [-0.25, -0.2) is 10.9 Å². The minimum absolute atomic E-state index is 0.234. The number of hydrazine groups is 1. The number of thiocarbonyl (C=S) groups is 1. The molecular weight excluding hydrogens is 218 g/mol. The first-order valence-corrected chi connectivity index (χ1v) is 5.12. The summed E-state index contributed by atoms with van der Waals surface area (Å²) in [7, 11) is 0. The first kappa shape index (κ1) is 9.32. The monoisotopic (exact) mass is 225 g/mol. The summed E-state index contributed by atoms with van der Waals surface area (Å²) in [5, 5.41) is 5.84. The fraction of sp³-hybridized carbons (Fsp3) is 0. The highest BCUT2D eigenvalue weighted by atomic mass is 32.1. The third-order valence-electron chi connectivity index (χ3n) is 1.74. The van der Waals surface area contributed by atoms with E-state index in [1.807, 2.05) is 17.5 Å². The van der Waals surface area contributed by atoms with Crippen molar-refractivity contribution in [2.75, 3.05) is 0 Å². The first-order valence-electron chi connectivity index (χ1n) is 3.84. The lowest BCUT2D eigenvalue weighted by molar-refractivity contribution is -0.122. The van der Waals surface area contributed by atoms with E-state index in [-0.39, 0.29) is 11.0 Å². The molecule has 6 heteroatoms. The van der Waals surface area contributed by atoms with Crippen molar-refractivity contribution in [1.82, 2.24) is 10.3 Å². The van der Waals surface area contributed by atoms with Gasteiger partial charge >= 0.3 is 0 Å². The number of carbonyl (C=O) groups excluding carboxylic acids is 1. The topological polar surface area (TPSA) is 58.4 Å². The number of nitrogens with two attached hydrogens (primary N) is 1. The van der Waals surface area contributed by atoms with Crippen molar-refractivity contribution in [3.63, 3.8) is 0 Å². The van der Waals surface area contributed by atoms with Gasteiger partial charge in [0, 0.05) is 4.88 Å². The third-order valence-corrected chi connectivity index (χ3v) is 2.86. The Morgan fingerprint density at radius 2 is 2.43 bits per heavy atom. The number of amides is 1. The molecule has 3 N–H and O–H groups in total. The molecule has 0 unspecified atom stereocenters. The number of nitrogens with one attached hydrogen (secondary N) is 1. The van der Waals surface area contributed by atoms with E-state index in [4.69, 9.17) is 18.1 Å². The van der Waals surface area contributed by atoms with Crippen molar-refractivity contribution in [3.8, 4) is 0 Å².